The normalized spacial score (nSPS) is 16.0. The second-order valence-corrected chi connectivity index (χ2v) is 5.89. The van der Waals surface area contributed by atoms with Gasteiger partial charge in [-0.1, -0.05) is 12.1 Å². The fourth-order valence-electron chi connectivity index (χ4n) is 3.18. The van der Waals surface area contributed by atoms with Crippen molar-refractivity contribution in [2.75, 3.05) is 18.8 Å². The van der Waals surface area contributed by atoms with E-state index in [4.69, 9.17) is 10.3 Å². The summed E-state index contributed by atoms with van der Waals surface area (Å²) >= 11 is 0. The molecular weight excluding hydrogens is 294 g/mol. The number of hydrogen-bond donors (Lipinski definition) is 1. The number of anilines is 1. The molecule has 3 heterocycles. The lowest BCUT2D eigenvalue weighted by atomic mass is 9.90. The number of aryl methyl sites for hydroxylation is 1. The van der Waals surface area contributed by atoms with E-state index < -0.39 is 0 Å². The minimum absolute atomic E-state index is 0.00558. The number of piperidine rings is 1. The number of amides is 1. The topological polar surface area (TPSA) is 90.2 Å². The number of hydrogen-bond acceptors (Lipinski definition) is 5. The molecule has 1 fully saturated rings. The van der Waals surface area contributed by atoms with Crippen LogP contribution in [0.3, 0.4) is 0 Å². The third-order valence-electron chi connectivity index (χ3n) is 4.56. The van der Waals surface area contributed by atoms with Gasteiger partial charge in [-0.25, -0.2) is 0 Å². The Morgan fingerprint density at radius 3 is 2.74 bits per heavy atom. The Labute approximate surface area is 135 Å². The van der Waals surface area contributed by atoms with Gasteiger partial charge in [-0.15, -0.1) is 0 Å². The molecule has 1 aliphatic heterocycles. The van der Waals surface area contributed by atoms with E-state index in [9.17, 15) is 4.79 Å². The quantitative estimate of drug-likeness (QED) is 0.932. The summed E-state index contributed by atoms with van der Waals surface area (Å²) in [5.41, 5.74) is 8.32. The Morgan fingerprint density at radius 2 is 2.13 bits per heavy atom. The van der Waals surface area contributed by atoms with Crippen molar-refractivity contribution in [1.29, 1.82) is 0 Å². The van der Waals surface area contributed by atoms with Crippen LogP contribution in [-0.4, -0.2) is 38.8 Å². The van der Waals surface area contributed by atoms with Gasteiger partial charge in [0.05, 0.1) is 5.69 Å². The van der Waals surface area contributed by atoms with Crippen LogP contribution in [0.15, 0.2) is 16.8 Å². The molecule has 1 amide bonds. The summed E-state index contributed by atoms with van der Waals surface area (Å²) in [6.45, 7) is 6.23. The van der Waals surface area contributed by atoms with Gasteiger partial charge in [-0.3, -0.25) is 9.48 Å². The first-order valence-corrected chi connectivity index (χ1v) is 8.20. The molecule has 2 N–H and O–H groups in total. The molecule has 0 aliphatic carbocycles. The van der Waals surface area contributed by atoms with Crippen LogP contribution < -0.4 is 5.73 Å². The Morgan fingerprint density at radius 1 is 1.39 bits per heavy atom. The smallest absolute Gasteiger partial charge is 0.274 e. The number of nitrogens with zero attached hydrogens (tertiary/aromatic N) is 4. The maximum Gasteiger partial charge on any atom is 0.274 e. The van der Waals surface area contributed by atoms with Crippen molar-refractivity contribution in [3.05, 3.63) is 29.2 Å². The maximum absolute atomic E-state index is 12.5. The highest BCUT2D eigenvalue weighted by molar-refractivity contribution is 5.92. The highest BCUT2D eigenvalue weighted by Crippen LogP contribution is 2.32. The number of carbonyl (C=O) groups excluding carboxylic acids is 1. The second-order valence-electron chi connectivity index (χ2n) is 5.89. The molecule has 0 unspecified atom stereocenters. The van der Waals surface area contributed by atoms with Crippen LogP contribution in [0.1, 0.15) is 54.4 Å². The summed E-state index contributed by atoms with van der Waals surface area (Å²) < 4.78 is 6.90. The van der Waals surface area contributed by atoms with Crippen LogP contribution in [0.4, 0.5) is 5.88 Å². The minimum Gasteiger partial charge on any atom is -0.367 e. The maximum atomic E-state index is 12.5. The number of aromatic nitrogens is 3. The summed E-state index contributed by atoms with van der Waals surface area (Å²) in [4.78, 5) is 14.4. The van der Waals surface area contributed by atoms with Gasteiger partial charge in [-0.05, 0) is 32.3 Å². The molecule has 0 spiro atoms. The van der Waals surface area contributed by atoms with Crippen molar-refractivity contribution < 1.29 is 9.32 Å². The summed E-state index contributed by atoms with van der Waals surface area (Å²) in [5.74, 6) is 0.736. The number of nitrogen functional groups attached to an aromatic ring is 1. The lowest BCUT2D eigenvalue weighted by Crippen LogP contribution is -2.38. The first kappa shape index (κ1) is 15.6. The van der Waals surface area contributed by atoms with Gasteiger partial charge in [0, 0.05) is 37.3 Å². The van der Waals surface area contributed by atoms with E-state index in [-0.39, 0.29) is 5.91 Å². The van der Waals surface area contributed by atoms with Crippen LogP contribution in [-0.2, 0) is 13.0 Å². The molecule has 0 aromatic carbocycles. The average molecular weight is 317 g/mol. The number of nitrogens with two attached hydrogens (primary N) is 1. The largest absolute Gasteiger partial charge is 0.367 e. The lowest BCUT2D eigenvalue weighted by molar-refractivity contribution is 0.0704. The van der Waals surface area contributed by atoms with Crippen LogP contribution in [0.25, 0.3) is 0 Å². The van der Waals surface area contributed by atoms with E-state index in [0.29, 0.717) is 30.6 Å². The zero-order chi connectivity index (χ0) is 16.4. The lowest BCUT2D eigenvalue weighted by Gasteiger charge is -2.31. The first-order valence-electron chi connectivity index (χ1n) is 8.20. The summed E-state index contributed by atoms with van der Waals surface area (Å²) in [7, 11) is 0. The highest BCUT2D eigenvalue weighted by atomic mass is 16.5. The summed E-state index contributed by atoms with van der Waals surface area (Å²) in [5, 5.41) is 8.43. The van der Waals surface area contributed by atoms with Gasteiger partial charge in [0.2, 0.25) is 5.88 Å². The molecule has 7 nitrogen and oxygen atoms in total. The molecule has 0 saturated carbocycles. The van der Waals surface area contributed by atoms with Crippen LogP contribution in [0.5, 0.6) is 0 Å². The number of rotatable bonds is 4. The third kappa shape index (κ3) is 2.95. The zero-order valence-electron chi connectivity index (χ0n) is 13.7. The van der Waals surface area contributed by atoms with Crippen molar-refractivity contribution in [3.8, 4) is 0 Å². The predicted molar refractivity (Wildman–Crippen MR) is 86.1 cm³/mol. The van der Waals surface area contributed by atoms with Gasteiger partial charge in [-0.2, -0.15) is 5.10 Å². The fourth-order valence-corrected chi connectivity index (χ4v) is 3.18. The Hall–Kier alpha value is -2.31. The van der Waals surface area contributed by atoms with Gasteiger partial charge in [0.25, 0.3) is 5.91 Å². The molecule has 2 aromatic heterocycles. The van der Waals surface area contributed by atoms with Crippen molar-refractivity contribution in [3.63, 3.8) is 0 Å². The number of likely N-dealkylation sites (tertiary alicyclic amines) is 1. The van der Waals surface area contributed by atoms with Crippen molar-refractivity contribution in [2.45, 2.75) is 45.6 Å². The molecule has 0 atom stereocenters. The average Bonchev–Trinajstić information content (AvgIpc) is 3.20. The summed E-state index contributed by atoms with van der Waals surface area (Å²) in [6.07, 6.45) is 4.41. The van der Waals surface area contributed by atoms with Crippen LogP contribution >= 0.6 is 0 Å². The van der Waals surface area contributed by atoms with Gasteiger partial charge in [0.1, 0.15) is 5.69 Å². The van der Waals surface area contributed by atoms with Crippen molar-refractivity contribution >= 4 is 11.8 Å². The van der Waals surface area contributed by atoms with E-state index in [1.54, 1.807) is 10.7 Å². The highest BCUT2D eigenvalue weighted by Gasteiger charge is 2.29. The van der Waals surface area contributed by atoms with Crippen LogP contribution in [0.2, 0.25) is 0 Å². The number of carbonyl (C=O) groups is 1. The molecule has 0 bridgehead atoms. The fraction of sp³-hybridized carbons (Fsp3) is 0.562. The minimum atomic E-state index is 0.00558. The Bertz CT molecular complexity index is 682. The Balaban J connectivity index is 1.65. The predicted octanol–water partition coefficient (Wildman–Crippen LogP) is 2.06. The van der Waals surface area contributed by atoms with E-state index in [1.165, 1.54) is 0 Å². The van der Waals surface area contributed by atoms with Crippen LogP contribution in [0, 0.1) is 0 Å². The molecule has 124 valence electrons. The zero-order valence-corrected chi connectivity index (χ0v) is 13.7. The molecule has 1 aliphatic rings. The summed E-state index contributed by atoms with van der Waals surface area (Å²) in [6, 6.07) is 1.78. The molecular formula is C16H23N5O2. The van der Waals surface area contributed by atoms with Gasteiger partial charge in [0.15, 0.2) is 0 Å². The standard InChI is InChI=1S/C16H23N5O2/c1-3-12-14(19-23-15(12)17)11-5-8-20(9-6-11)16(22)13-7-10-21(4-2)18-13/h7,10-11H,3-6,8-9,17H2,1-2H3. The first-order chi connectivity index (χ1) is 11.1. The molecule has 23 heavy (non-hydrogen) atoms. The van der Waals surface area contributed by atoms with Crippen molar-refractivity contribution in [1.82, 2.24) is 19.8 Å². The Kier molecular flexibility index (Phi) is 4.36. The van der Waals surface area contributed by atoms with Crippen molar-refractivity contribution in [2.24, 2.45) is 0 Å². The van der Waals surface area contributed by atoms with E-state index in [1.807, 2.05) is 18.0 Å². The SMILES string of the molecule is CCc1c(C2CCN(C(=O)c3ccn(CC)n3)CC2)noc1N. The van der Waals surface area contributed by atoms with E-state index in [0.717, 1.165) is 37.1 Å². The van der Waals surface area contributed by atoms with E-state index in [2.05, 4.69) is 17.2 Å². The van der Waals surface area contributed by atoms with Gasteiger partial charge >= 0.3 is 0 Å². The molecule has 7 heteroatoms. The third-order valence-corrected chi connectivity index (χ3v) is 4.56. The molecule has 1 saturated heterocycles. The molecule has 2 aromatic rings. The molecule has 0 radical (unpaired) electrons. The van der Waals surface area contributed by atoms with Gasteiger partial charge < -0.3 is 15.2 Å². The molecule has 3 rings (SSSR count). The monoisotopic (exact) mass is 317 g/mol. The van der Waals surface area contributed by atoms with E-state index >= 15 is 0 Å². The second kappa shape index (κ2) is 6.44.